The lowest BCUT2D eigenvalue weighted by molar-refractivity contribution is 0.0601. The molecule has 1 heterocycles. The van der Waals surface area contributed by atoms with Gasteiger partial charge in [0.15, 0.2) is 0 Å². The normalized spacial score (nSPS) is 11.2. The van der Waals surface area contributed by atoms with Crippen LogP contribution in [0.25, 0.3) is 5.69 Å². The largest absolute Gasteiger partial charge is 0.465 e. The molecule has 0 unspecified atom stereocenters. The Labute approximate surface area is 166 Å². The number of aromatic nitrogens is 1. The van der Waals surface area contributed by atoms with Gasteiger partial charge in [-0.2, -0.15) is 0 Å². The van der Waals surface area contributed by atoms with E-state index < -0.39 is 0 Å². The summed E-state index contributed by atoms with van der Waals surface area (Å²) in [5, 5.41) is 0. The van der Waals surface area contributed by atoms with E-state index in [0.29, 0.717) is 11.3 Å². The average molecular weight is 374 g/mol. The summed E-state index contributed by atoms with van der Waals surface area (Å²) in [5.74, 6) is -0.384. The predicted molar refractivity (Wildman–Crippen MR) is 114 cm³/mol. The molecule has 3 aromatic rings. The first-order valence-corrected chi connectivity index (χ1v) is 9.47. The van der Waals surface area contributed by atoms with Crippen molar-refractivity contribution in [3.8, 4) is 5.69 Å². The zero-order valence-electron chi connectivity index (χ0n) is 17.1. The summed E-state index contributed by atoms with van der Waals surface area (Å²) >= 11 is 0. The number of aliphatic imine (C=N–C) groups is 1. The van der Waals surface area contributed by atoms with Crippen LogP contribution in [0.2, 0.25) is 0 Å². The number of hydrogen-bond donors (Lipinski definition) is 0. The zero-order chi connectivity index (χ0) is 20.3. The Kier molecular flexibility index (Phi) is 5.78. The van der Waals surface area contributed by atoms with E-state index in [1.165, 1.54) is 23.9 Å². The van der Waals surface area contributed by atoms with Crippen LogP contribution in [0.15, 0.2) is 53.5 Å². The van der Waals surface area contributed by atoms with Gasteiger partial charge in [0.2, 0.25) is 0 Å². The maximum atomic E-state index is 12.0. The fourth-order valence-electron chi connectivity index (χ4n) is 3.60. The van der Waals surface area contributed by atoms with Crippen LogP contribution < -0.4 is 0 Å². The number of esters is 1. The highest BCUT2D eigenvalue weighted by Crippen LogP contribution is 2.27. The Morgan fingerprint density at radius 1 is 1.11 bits per heavy atom. The summed E-state index contributed by atoms with van der Waals surface area (Å²) in [6.45, 7) is 8.54. The van der Waals surface area contributed by atoms with Gasteiger partial charge in [0.05, 0.1) is 24.0 Å². The minimum absolute atomic E-state index is 0.384. The van der Waals surface area contributed by atoms with Crippen LogP contribution in [0.4, 0.5) is 5.69 Å². The van der Waals surface area contributed by atoms with Gasteiger partial charge in [-0.05, 0) is 56.5 Å². The molecule has 0 saturated heterocycles. The van der Waals surface area contributed by atoms with Crippen LogP contribution >= 0.6 is 0 Å². The quantitative estimate of drug-likeness (QED) is 0.437. The second-order valence-electron chi connectivity index (χ2n) is 6.87. The van der Waals surface area contributed by atoms with Gasteiger partial charge < -0.3 is 9.30 Å². The van der Waals surface area contributed by atoms with Crippen LogP contribution in [0.3, 0.4) is 0 Å². The SMILES string of the molecule is CCc1cccc(C)c1-n1c(C)cc(C=Nc2ccccc2C(=O)OC)c1C. The fourth-order valence-corrected chi connectivity index (χ4v) is 3.60. The summed E-state index contributed by atoms with van der Waals surface area (Å²) in [7, 11) is 1.38. The van der Waals surface area contributed by atoms with E-state index in [-0.39, 0.29) is 5.97 Å². The van der Waals surface area contributed by atoms with Gasteiger partial charge in [-0.25, -0.2) is 4.79 Å². The summed E-state index contributed by atoms with van der Waals surface area (Å²) in [6.07, 6.45) is 2.80. The summed E-state index contributed by atoms with van der Waals surface area (Å²) in [5.41, 5.74) is 8.19. The second kappa shape index (κ2) is 8.26. The highest BCUT2D eigenvalue weighted by atomic mass is 16.5. The third kappa shape index (κ3) is 3.63. The molecule has 0 aliphatic heterocycles. The molecule has 28 heavy (non-hydrogen) atoms. The van der Waals surface area contributed by atoms with Gasteiger partial charge in [0, 0.05) is 23.2 Å². The van der Waals surface area contributed by atoms with E-state index in [4.69, 9.17) is 4.74 Å². The van der Waals surface area contributed by atoms with E-state index in [1.54, 1.807) is 6.07 Å². The second-order valence-corrected chi connectivity index (χ2v) is 6.87. The third-order valence-electron chi connectivity index (χ3n) is 5.05. The van der Waals surface area contributed by atoms with Crippen molar-refractivity contribution in [1.29, 1.82) is 0 Å². The number of carbonyl (C=O) groups is 1. The molecule has 3 rings (SSSR count). The van der Waals surface area contributed by atoms with Gasteiger partial charge in [0.25, 0.3) is 0 Å². The van der Waals surface area contributed by atoms with Crippen LogP contribution in [0.1, 0.15) is 45.4 Å². The third-order valence-corrected chi connectivity index (χ3v) is 5.05. The van der Waals surface area contributed by atoms with Crippen molar-refractivity contribution >= 4 is 17.9 Å². The number of para-hydroxylation sites is 2. The number of nitrogens with zero attached hydrogens (tertiary/aromatic N) is 2. The van der Waals surface area contributed by atoms with Gasteiger partial charge in [-0.15, -0.1) is 0 Å². The van der Waals surface area contributed by atoms with Crippen molar-refractivity contribution in [1.82, 2.24) is 4.57 Å². The Balaban J connectivity index is 2.06. The van der Waals surface area contributed by atoms with Crippen LogP contribution in [0.5, 0.6) is 0 Å². The molecule has 0 saturated carbocycles. The molecule has 2 aromatic carbocycles. The maximum absolute atomic E-state index is 12.0. The fraction of sp³-hybridized carbons (Fsp3) is 0.250. The molecular formula is C24H26N2O2. The van der Waals surface area contributed by atoms with Crippen molar-refractivity contribution in [2.75, 3.05) is 7.11 Å². The van der Waals surface area contributed by atoms with E-state index in [1.807, 2.05) is 24.4 Å². The van der Waals surface area contributed by atoms with Crippen molar-refractivity contribution in [2.45, 2.75) is 34.1 Å². The lowest BCUT2D eigenvalue weighted by Gasteiger charge is -2.17. The van der Waals surface area contributed by atoms with Crippen molar-refractivity contribution in [3.05, 3.63) is 82.2 Å². The predicted octanol–water partition coefficient (Wildman–Crippen LogP) is 5.50. The highest BCUT2D eigenvalue weighted by Gasteiger charge is 2.15. The number of aryl methyl sites for hydroxylation is 3. The van der Waals surface area contributed by atoms with Crippen LogP contribution in [0, 0.1) is 20.8 Å². The molecule has 0 amide bonds. The number of carbonyl (C=O) groups excluding carboxylic acids is 1. The van der Waals surface area contributed by atoms with Crippen molar-refractivity contribution < 1.29 is 9.53 Å². The molecule has 0 aliphatic rings. The maximum Gasteiger partial charge on any atom is 0.340 e. The number of methoxy groups -OCH3 is 1. The molecule has 0 bridgehead atoms. The Hall–Kier alpha value is -3.14. The first kappa shape index (κ1) is 19.6. The molecule has 0 spiro atoms. The average Bonchev–Trinajstić information content (AvgIpc) is 2.99. The molecule has 4 nitrogen and oxygen atoms in total. The number of ether oxygens (including phenoxy) is 1. The van der Waals surface area contributed by atoms with Gasteiger partial charge in [-0.3, -0.25) is 4.99 Å². The lowest BCUT2D eigenvalue weighted by Crippen LogP contribution is -2.05. The van der Waals surface area contributed by atoms with Gasteiger partial charge >= 0.3 is 5.97 Å². The summed E-state index contributed by atoms with van der Waals surface area (Å²) in [6, 6.07) is 15.8. The molecule has 0 atom stereocenters. The molecule has 0 fully saturated rings. The van der Waals surface area contributed by atoms with Gasteiger partial charge in [0.1, 0.15) is 0 Å². The van der Waals surface area contributed by atoms with Crippen LogP contribution in [-0.2, 0) is 11.2 Å². The molecule has 4 heteroatoms. The zero-order valence-corrected chi connectivity index (χ0v) is 17.1. The first-order valence-electron chi connectivity index (χ1n) is 9.47. The Bertz CT molecular complexity index is 1040. The molecular weight excluding hydrogens is 348 g/mol. The minimum Gasteiger partial charge on any atom is -0.465 e. The topological polar surface area (TPSA) is 43.6 Å². The number of benzene rings is 2. The van der Waals surface area contributed by atoms with E-state index >= 15 is 0 Å². The monoisotopic (exact) mass is 374 g/mol. The first-order chi connectivity index (χ1) is 13.5. The van der Waals surface area contributed by atoms with E-state index in [0.717, 1.165) is 23.4 Å². The molecule has 0 aliphatic carbocycles. The van der Waals surface area contributed by atoms with Crippen LogP contribution in [-0.4, -0.2) is 23.9 Å². The van der Waals surface area contributed by atoms with Crippen molar-refractivity contribution in [2.24, 2.45) is 4.99 Å². The number of rotatable bonds is 5. The smallest absolute Gasteiger partial charge is 0.340 e. The molecule has 144 valence electrons. The molecule has 0 N–H and O–H groups in total. The molecule has 0 radical (unpaired) electrons. The molecule has 1 aromatic heterocycles. The number of hydrogen-bond acceptors (Lipinski definition) is 3. The summed E-state index contributed by atoms with van der Waals surface area (Å²) < 4.78 is 7.15. The van der Waals surface area contributed by atoms with E-state index in [2.05, 4.69) is 61.5 Å². The van der Waals surface area contributed by atoms with E-state index in [9.17, 15) is 4.79 Å². The van der Waals surface area contributed by atoms with Gasteiger partial charge in [-0.1, -0.05) is 37.3 Å². The minimum atomic E-state index is -0.384. The Morgan fingerprint density at radius 2 is 1.86 bits per heavy atom. The standard InChI is InChI=1S/C24H26N2O2/c1-6-19-11-9-10-16(2)23(19)26-17(3)14-20(18(26)4)15-25-22-13-8-7-12-21(22)24(27)28-5/h7-15H,6H2,1-5H3. The Morgan fingerprint density at radius 3 is 2.57 bits per heavy atom. The highest BCUT2D eigenvalue weighted by molar-refractivity contribution is 5.96. The summed E-state index contributed by atoms with van der Waals surface area (Å²) in [4.78, 5) is 16.5. The van der Waals surface area contributed by atoms with Crippen molar-refractivity contribution in [3.63, 3.8) is 0 Å². The lowest BCUT2D eigenvalue weighted by atomic mass is 10.1.